The summed E-state index contributed by atoms with van der Waals surface area (Å²) in [6, 6.07) is 1.73. The minimum absolute atomic E-state index is 0.137. The van der Waals surface area contributed by atoms with Crippen LogP contribution in [0.1, 0.15) is 17.4 Å². The van der Waals surface area contributed by atoms with E-state index in [1.54, 1.807) is 0 Å². The van der Waals surface area contributed by atoms with E-state index in [1.807, 2.05) is 18.4 Å². The molecule has 1 aromatic rings. The lowest BCUT2D eigenvalue weighted by molar-refractivity contribution is 0.241. The number of hydrogen-bond donors (Lipinski definition) is 3. The molecule has 0 aromatic carbocycles. The number of amides is 2. The molecule has 5 heteroatoms. The number of aliphatic hydroxyl groups excluding tert-OH is 1. The zero-order valence-corrected chi connectivity index (χ0v) is 9.86. The number of urea groups is 1. The van der Waals surface area contributed by atoms with Crippen molar-refractivity contribution in [3.8, 4) is 11.8 Å². The Bertz CT molecular complexity index is 404. The van der Waals surface area contributed by atoms with Crippen LogP contribution in [0.5, 0.6) is 0 Å². The molecule has 0 aliphatic rings. The Labute approximate surface area is 98.7 Å². The normalized spacial score (nSPS) is 9.12. The van der Waals surface area contributed by atoms with Crippen LogP contribution < -0.4 is 10.6 Å². The molecule has 4 nitrogen and oxygen atoms in total. The van der Waals surface area contributed by atoms with Gasteiger partial charge in [0.25, 0.3) is 0 Å². The van der Waals surface area contributed by atoms with Gasteiger partial charge in [0, 0.05) is 22.4 Å². The highest BCUT2D eigenvalue weighted by Crippen LogP contribution is 2.13. The zero-order chi connectivity index (χ0) is 11.8. The molecule has 1 aromatic heterocycles. The first-order valence-electron chi connectivity index (χ1n) is 4.95. The lowest BCUT2D eigenvalue weighted by Gasteiger charge is -2.03. The predicted octanol–water partition coefficient (Wildman–Crippen LogP) is 0.911. The van der Waals surface area contributed by atoms with Crippen molar-refractivity contribution in [2.75, 3.05) is 13.2 Å². The number of carbonyl (C=O) groups is 1. The topological polar surface area (TPSA) is 61.4 Å². The summed E-state index contributed by atoms with van der Waals surface area (Å²) in [7, 11) is 0. The van der Waals surface area contributed by atoms with Gasteiger partial charge in [0.05, 0.1) is 6.54 Å². The molecule has 0 bridgehead atoms. The van der Waals surface area contributed by atoms with Crippen LogP contribution in [0.2, 0.25) is 0 Å². The minimum atomic E-state index is -0.168. The second-order valence-corrected chi connectivity index (χ2v) is 3.97. The second-order valence-electron chi connectivity index (χ2n) is 2.97. The average Bonchev–Trinajstić information content (AvgIpc) is 2.72. The fraction of sp³-hybridized carbons (Fsp3) is 0.364. The quantitative estimate of drug-likeness (QED) is 0.685. The van der Waals surface area contributed by atoms with Crippen LogP contribution in [0.3, 0.4) is 0 Å². The molecule has 0 unspecified atom stereocenters. The van der Waals surface area contributed by atoms with E-state index >= 15 is 0 Å². The Morgan fingerprint density at radius 1 is 1.56 bits per heavy atom. The average molecular weight is 238 g/mol. The summed E-state index contributed by atoms with van der Waals surface area (Å²) in [5.41, 5.74) is 0.867. The molecule has 0 radical (unpaired) electrons. The second kappa shape index (κ2) is 6.88. The molecule has 0 spiro atoms. The van der Waals surface area contributed by atoms with Crippen molar-refractivity contribution in [2.45, 2.75) is 13.5 Å². The van der Waals surface area contributed by atoms with Crippen molar-refractivity contribution in [2.24, 2.45) is 0 Å². The van der Waals surface area contributed by atoms with Crippen molar-refractivity contribution in [1.82, 2.24) is 10.6 Å². The van der Waals surface area contributed by atoms with E-state index in [0.29, 0.717) is 13.1 Å². The summed E-state index contributed by atoms with van der Waals surface area (Å²) < 4.78 is 0. The van der Waals surface area contributed by atoms with E-state index < -0.39 is 0 Å². The SMILES string of the molecule is CCNC(=O)NCc1cc(C#CCO)cs1. The van der Waals surface area contributed by atoms with Crippen LogP contribution in [0.15, 0.2) is 11.4 Å². The van der Waals surface area contributed by atoms with Gasteiger partial charge in [-0.3, -0.25) is 0 Å². The highest BCUT2D eigenvalue weighted by molar-refractivity contribution is 7.10. The Balaban J connectivity index is 2.43. The Morgan fingerprint density at radius 3 is 3.06 bits per heavy atom. The number of hydrogen-bond acceptors (Lipinski definition) is 3. The maximum atomic E-state index is 11.1. The van der Waals surface area contributed by atoms with Gasteiger partial charge in [0.1, 0.15) is 6.61 Å². The van der Waals surface area contributed by atoms with E-state index in [-0.39, 0.29) is 12.6 Å². The van der Waals surface area contributed by atoms with Crippen LogP contribution >= 0.6 is 11.3 Å². The van der Waals surface area contributed by atoms with Gasteiger partial charge in [-0.15, -0.1) is 11.3 Å². The number of carbonyl (C=O) groups excluding carboxylic acids is 1. The third-order valence-corrected chi connectivity index (χ3v) is 2.66. The molecular formula is C11H14N2O2S. The lowest BCUT2D eigenvalue weighted by atomic mass is 10.3. The fourth-order valence-corrected chi connectivity index (χ4v) is 1.83. The molecule has 0 fully saturated rings. The summed E-state index contributed by atoms with van der Waals surface area (Å²) in [6.45, 7) is 2.84. The van der Waals surface area contributed by atoms with Gasteiger partial charge in [-0.25, -0.2) is 4.79 Å². The minimum Gasteiger partial charge on any atom is -0.384 e. The van der Waals surface area contributed by atoms with Gasteiger partial charge in [-0.1, -0.05) is 11.8 Å². The van der Waals surface area contributed by atoms with E-state index in [4.69, 9.17) is 5.11 Å². The van der Waals surface area contributed by atoms with Gasteiger partial charge >= 0.3 is 6.03 Å². The number of aliphatic hydroxyl groups is 1. The largest absolute Gasteiger partial charge is 0.384 e. The van der Waals surface area contributed by atoms with E-state index in [0.717, 1.165) is 10.4 Å². The number of rotatable bonds is 3. The van der Waals surface area contributed by atoms with Crippen LogP contribution in [-0.2, 0) is 6.54 Å². The van der Waals surface area contributed by atoms with Crippen molar-refractivity contribution < 1.29 is 9.90 Å². The van der Waals surface area contributed by atoms with Gasteiger partial charge in [0.2, 0.25) is 0 Å². The first-order chi connectivity index (χ1) is 7.76. The Morgan fingerprint density at radius 2 is 2.38 bits per heavy atom. The van der Waals surface area contributed by atoms with Gasteiger partial charge in [0.15, 0.2) is 0 Å². The smallest absolute Gasteiger partial charge is 0.315 e. The third-order valence-electron chi connectivity index (χ3n) is 1.73. The fourth-order valence-electron chi connectivity index (χ4n) is 1.07. The molecule has 2 amide bonds. The molecule has 0 atom stereocenters. The standard InChI is InChI=1S/C11H14N2O2S/c1-2-12-11(15)13-7-10-6-9(8-16-10)4-3-5-14/h6,8,14H,2,5,7H2,1H3,(H2,12,13,15). The van der Waals surface area contributed by atoms with E-state index in [9.17, 15) is 4.79 Å². The van der Waals surface area contributed by atoms with Gasteiger partial charge < -0.3 is 15.7 Å². The summed E-state index contributed by atoms with van der Waals surface area (Å²) in [5.74, 6) is 5.39. The van der Waals surface area contributed by atoms with E-state index in [1.165, 1.54) is 11.3 Å². The molecule has 1 heterocycles. The van der Waals surface area contributed by atoms with Crippen LogP contribution in [-0.4, -0.2) is 24.3 Å². The van der Waals surface area contributed by atoms with Gasteiger partial charge in [-0.05, 0) is 13.0 Å². The monoisotopic (exact) mass is 238 g/mol. The molecule has 3 N–H and O–H groups in total. The molecular weight excluding hydrogens is 224 g/mol. The summed E-state index contributed by atoms with van der Waals surface area (Å²) in [4.78, 5) is 12.2. The Hall–Kier alpha value is -1.51. The summed E-state index contributed by atoms with van der Waals surface area (Å²) in [5, 5.41) is 15.8. The van der Waals surface area contributed by atoms with Crippen LogP contribution in [0.25, 0.3) is 0 Å². The highest BCUT2D eigenvalue weighted by Gasteiger charge is 2.00. The van der Waals surface area contributed by atoms with Crippen LogP contribution in [0.4, 0.5) is 4.79 Å². The molecule has 16 heavy (non-hydrogen) atoms. The van der Waals surface area contributed by atoms with Gasteiger partial charge in [-0.2, -0.15) is 0 Å². The maximum absolute atomic E-state index is 11.1. The molecule has 0 saturated heterocycles. The third kappa shape index (κ3) is 4.34. The molecule has 0 aliphatic heterocycles. The summed E-state index contributed by atoms with van der Waals surface area (Å²) >= 11 is 1.53. The number of thiophene rings is 1. The predicted molar refractivity (Wildman–Crippen MR) is 64.2 cm³/mol. The number of nitrogens with one attached hydrogen (secondary N) is 2. The van der Waals surface area contributed by atoms with Crippen molar-refractivity contribution >= 4 is 17.4 Å². The van der Waals surface area contributed by atoms with Crippen LogP contribution in [0, 0.1) is 11.8 Å². The van der Waals surface area contributed by atoms with Crippen molar-refractivity contribution in [3.63, 3.8) is 0 Å². The first kappa shape index (κ1) is 12.6. The molecule has 0 saturated carbocycles. The first-order valence-corrected chi connectivity index (χ1v) is 5.83. The maximum Gasteiger partial charge on any atom is 0.315 e. The molecule has 0 aliphatic carbocycles. The van der Waals surface area contributed by atoms with E-state index in [2.05, 4.69) is 22.5 Å². The molecule has 86 valence electrons. The van der Waals surface area contributed by atoms with Crippen molar-refractivity contribution in [1.29, 1.82) is 0 Å². The lowest BCUT2D eigenvalue weighted by Crippen LogP contribution is -2.34. The van der Waals surface area contributed by atoms with Crippen molar-refractivity contribution in [3.05, 3.63) is 21.9 Å². The Kier molecular flexibility index (Phi) is 5.40. The summed E-state index contributed by atoms with van der Waals surface area (Å²) in [6.07, 6.45) is 0. The zero-order valence-electron chi connectivity index (χ0n) is 9.04. The highest BCUT2D eigenvalue weighted by atomic mass is 32.1. The molecule has 1 rings (SSSR count).